The Morgan fingerprint density at radius 1 is 0.447 bits per heavy atom. The van der Waals surface area contributed by atoms with E-state index in [-0.39, 0.29) is 23.6 Å². The Hall–Kier alpha value is -4.84. The van der Waals surface area contributed by atoms with Gasteiger partial charge in [-0.2, -0.15) is 0 Å². The summed E-state index contributed by atoms with van der Waals surface area (Å²) in [4.78, 5) is 53.8. The van der Waals surface area contributed by atoms with E-state index < -0.39 is 0 Å². The van der Waals surface area contributed by atoms with Crippen LogP contribution in [-0.4, -0.2) is 35.6 Å². The number of carbonyl (C=O) groups excluding carboxylic acids is 4. The number of benzene rings is 4. The first kappa shape index (κ1) is 23.6. The summed E-state index contributed by atoms with van der Waals surface area (Å²) < 4.78 is 0. The van der Waals surface area contributed by atoms with Crippen molar-refractivity contribution in [1.82, 2.24) is 4.90 Å². The molecule has 0 saturated carbocycles. The molecule has 0 saturated heterocycles. The molecule has 6 nitrogen and oxygen atoms in total. The molecule has 0 N–H and O–H groups in total. The zero-order chi connectivity index (χ0) is 26.9. The number of aryl methyl sites for hydroxylation is 3. The van der Waals surface area contributed by atoms with Crippen molar-refractivity contribution in [3.05, 3.63) is 112 Å². The number of nitrogens with zero attached hydrogens (tertiary/aromatic N) is 2. The van der Waals surface area contributed by atoms with E-state index in [1.165, 1.54) is 23.1 Å². The van der Waals surface area contributed by atoms with Gasteiger partial charge in [0.05, 0.1) is 27.9 Å². The lowest BCUT2D eigenvalue weighted by Gasteiger charge is -2.18. The summed E-state index contributed by atoms with van der Waals surface area (Å²) in [5.74, 6) is -1.44. The average Bonchev–Trinajstić information content (AvgIpc) is 3.29. The van der Waals surface area contributed by atoms with Gasteiger partial charge in [0.1, 0.15) is 0 Å². The molecule has 2 aliphatic heterocycles. The maximum absolute atomic E-state index is 13.5. The van der Waals surface area contributed by atoms with Gasteiger partial charge in [0.2, 0.25) is 0 Å². The fraction of sp³-hybridized carbons (Fsp3) is 0.125. The molecule has 0 radical (unpaired) electrons. The number of hydrogen-bond acceptors (Lipinski definition) is 4. The Kier molecular flexibility index (Phi) is 5.17. The molecule has 0 fully saturated rings. The topological polar surface area (TPSA) is 74.8 Å². The van der Waals surface area contributed by atoms with E-state index in [1.54, 1.807) is 36.4 Å². The van der Waals surface area contributed by atoms with Crippen LogP contribution in [0.5, 0.6) is 0 Å². The van der Waals surface area contributed by atoms with Gasteiger partial charge in [0.25, 0.3) is 23.6 Å². The molecule has 2 aliphatic rings. The molecule has 0 atom stereocenters. The summed E-state index contributed by atoms with van der Waals surface area (Å²) in [5.41, 5.74) is 8.61. The fourth-order valence-electron chi connectivity index (χ4n) is 5.19. The number of hydrogen-bond donors (Lipinski definition) is 0. The molecule has 4 aromatic rings. The normalized spacial score (nSPS) is 14.4. The number of carbonyl (C=O) groups is 4. The van der Waals surface area contributed by atoms with Crippen molar-refractivity contribution in [2.45, 2.75) is 20.8 Å². The molecule has 186 valence electrons. The van der Waals surface area contributed by atoms with Gasteiger partial charge < -0.3 is 0 Å². The fourth-order valence-corrected chi connectivity index (χ4v) is 5.19. The number of amides is 4. The zero-order valence-electron chi connectivity index (χ0n) is 21.5. The molecule has 2 heterocycles. The molecule has 6 rings (SSSR count). The Bertz CT molecular complexity index is 1750. The van der Waals surface area contributed by atoms with Crippen LogP contribution in [0.1, 0.15) is 58.1 Å². The minimum atomic E-state index is -0.388. The van der Waals surface area contributed by atoms with Crippen molar-refractivity contribution in [2.24, 2.45) is 0 Å². The molecular formula is C32H24N2O4. The maximum Gasteiger partial charge on any atom is 0.266 e. The summed E-state index contributed by atoms with van der Waals surface area (Å²) in [6.07, 6.45) is 0. The van der Waals surface area contributed by atoms with Gasteiger partial charge >= 0.3 is 0 Å². The second-order valence-corrected chi connectivity index (χ2v) is 9.94. The number of fused-ring (bicyclic) bond motifs is 2. The Morgan fingerprint density at radius 2 is 0.895 bits per heavy atom. The Morgan fingerprint density at radius 3 is 1.50 bits per heavy atom. The standard InChI is InChI=1S/C32H24N2O4/c1-17-5-6-20(13-18(17)2)21-9-12-28(19(3)14-21)34-31(37)25-11-8-23(16-27(25)32(34)38)22-7-10-24-26(15-22)30(36)33(4)29(24)35/h5-16H,1-4H3. The molecule has 0 aliphatic carbocycles. The largest absolute Gasteiger partial charge is 0.277 e. The van der Waals surface area contributed by atoms with Crippen LogP contribution >= 0.6 is 0 Å². The first-order valence-electron chi connectivity index (χ1n) is 12.3. The highest BCUT2D eigenvalue weighted by Crippen LogP contribution is 2.36. The van der Waals surface area contributed by atoms with Crippen LogP contribution in [0.4, 0.5) is 5.69 Å². The number of imide groups is 2. The van der Waals surface area contributed by atoms with Crippen molar-refractivity contribution in [3.8, 4) is 22.3 Å². The average molecular weight is 501 g/mol. The van der Waals surface area contributed by atoms with E-state index in [0.29, 0.717) is 39.1 Å². The summed E-state index contributed by atoms with van der Waals surface area (Å²) in [5, 5.41) is 0. The third-order valence-corrected chi connectivity index (χ3v) is 7.59. The summed E-state index contributed by atoms with van der Waals surface area (Å²) in [6, 6.07) is 22.2. The predicted octanol–water partition coefficient (Wildman–Crippen LogP) is 5.97. The third kappa shape index (κ3) is 3.41. The monoisotopic (exact) mass is 500 g/mol. The van der Waals surface area contributed by atoms with Gasteiger partial charge in [-0.05, 0) is 96.1 Å². The van der Waals surface area contributed by atoms with Crippen LogP contribution in [-0.2, 0) is 0 Å². The van der Waals surface area contributed by atoms with Crippen LogP contribution in [0.2, 0.25) is 0 Å². The summed E-state index contributed by atoms with van der Waals surface area (Å²) in [6.45, 7) is 6.05. The smallest absolute Gasteiger partial charge is 0.266 e. The van der Waals surface area contributed by atoms with Gasteiger partial charge in [-0.3, -0.25) is 24.1 Å². The lowest BCUT2D eigenvalue weighted by Crippen LogP contribution is -2.30. The summed E-state index contributed by atoms with van der Waals surface area (Å²) >= 11 is 0. The Balaban J connectivity index is 1.34. The quantitative estimate of drug-likeness (QED) is 0.325. The van der Waals surface area contributed by atoms with Gasteiger partial charge in [0.15, 0.2) is 0 Å². The first-order chi connectivity index (χ1) is 18.2. The van der Waals surface area contributed by atoms with Crippen LogP contribution < -0.4 is 4.90 Å². The van der Waals surface area contributed by atoms with Crippen molar-refractivity contribution in [3.63, 3.8) is 0 Å². The third-order valence-electron chi connectivity index (χ3n) is 7.59. The van der Waals surface area contributed by atoms with Crippen LogP contribution in [0.15, 0.2) is 72.8 Å². The molecule has 0 aromatic heterocycles. The van der Waals surface area contributed by atoms with Crippen LogP contribution in [0, 0.1) is 20.8 Å². The van der Waals surface area contributed by atoms with E-state index >= 15 is 0 Å². The molecule has 6 heteroatoms. The highest BCUT2D eigenvalue weighted by atomic mass is 16.2. The van der Waals surface area contributed by atoms with E-state index in [2.05, 4.69) is 32.0 Å². The van der Waals surface area contributed by atoms with Gasteiger partial charge in [0, 0.05) is 7.05 Å². The van der Waals surface area contributed by atoms with E-state index in [0.717, 1.165) is 21.6 Å². The molecule has 4 amide bonds. The Labute approximate surface area is 220 Å². The number of anilines is 1. The van der Waals surface area contributed by atoms with Crippen molar-refractivity contribution >= 4 is 29.3 Å². The minimum absolute atomic E-state index is 0.310. The SMILES string of the molecule is Cc1ccc(-c2ccc(N3C(=O)c4ccc(-c5ccc6c(c5)C(=O)N(C)C6=O)cc4C3=O)c(C)c2)cc1C. The van der Waals surface area contributed by atoms with Gasteiger partial charge in [-0.25, -0.2) is 4.90 Å². The summed E-state index contributed by atoms with van der Waals surface area (Å²) in [7, 11) is 1.45. The molecular weight excluding hydrogens is 476 g/mol. The van der Waals surface area contributed by atoms with Crippen molar-refractivity contribution in [2.75, 3.05) is 11.9 Å². The van der Waals surface area contributed by atoms with Crippen molar-refractivity contribution < 1.29 is 19.2 Å². The lowest BCUT2D eigenvalue weighted by atomic mass is 9.97. The second-order valence-electron chi connectivity index (χ2n) is 9.94. The van der Waals surface area contributed by atoms with Gasteiger partial charge in [-0.1, -0.05) is 36.4 Å². The predicted molar refractivity (Wildman–Crippen MR) is 146 cm³/mol. The maximum atomic E-state index is 13.5. The first-order valence-corrected chi connectivity index (χ1v) is 12.3. The number of rotatable bonds is 3. The molecule has 38 heavy (non-hydrogen) atoms. The second kappa shape index (κ2) is 8.35. The highest BCUT2D eigenvalue weighted by Gasteiger charge is 2.38. The molecule has 0 bridgehead atoms. The minimum Gasteiger partial charge on any atom is -0.277 e. The zero-order valence-corrected chi connectivity index (χ0v) is 21.5. The van der Waals surface area contributed by atoms with E-state index in [1.807, 2.05) is 25.1 Å². The van der Waals surface area contributed by atoms with Crippen molar-refractivity contribution in [1.29, 1.82) is 0 Å². The van der Waals surface area contributed by atoms with Crippen LogP contribution in [0.3, 0.4) is 0 Å². The highest BCUT2D eigenvalue weighted by molar-refractivity contribution is 6.35. The van der Waals surface area contributed by atoms with E-state index in [4.69, 9.17) is 0 Å². The lowest BCUT2D eigenvalue weighted by molar-refractivity contribution is 0.0692. The van der Waals surface area contributed by atoms with Crippen LogP contribution in [0.25, 0.3) is 22.3 Å². The molecule has 4 aromatic carbocycles. The molecule has 0 spiro atoms. The van der Waals surface area contributed by atoms with E-state index in [9.17, 15) is 19.2 Å². The van der Waals surface area contributed by atoms with Gasteiger partial charge in [-0.15, -0.1) is 0 Å². The molecule has 0 unspecified atom stereocenters.